The van der Waals surface area contributed by atoms with Gasteiger partial charge < -0.3 is 9.47 Å². The van der Waals surface area contributed by atoms with E-state index in [1.165, 1.54) is 5.56 Å². The summed E-state index contributed by atoms with van der Waals surface area (Å²) in [6, 6.07) is 18.7. The van der Waals surface area contributed by atoms with Gasteiger partial charge in [-0.25, -0.2) is 0 Å². The van der Waals surface area contributed by atoms with Crippen LogP contribution in [0.4, 0.5) is 0 Å². The summed E-state index contributed by atoms with van der Waals surface area (Å²) in [4.78, 5) is 0. The summed E-state index contributed by atoms with van der Waals surface area (Å²) in [6.45, 7) is 7.38. The fourth-order valence-electron chi connectivity index (χ4n) is 2.83. The van der Waals surface area contributed by atoms with Crippen LogP contribution in [-0.2, 0) is 13.0 Å². The van der Waals surface area contributed by atoms with Gasteiger partial charge in [0.2, 0.25) is 0 Å². The molecule has 2 aromatic rings. The summed E-state index contributed by atoms with van der Waals surface area (Å²) >= 11 is 0. The Morgan fingerprint density at radius 2 is 1.59 bits per heavy atom. The lowest BCUT2D eigenvalue weighted by Crippen LogP contribution is -2.07. The van der Waals surface area contributed by atoms with Gasteiger partial charge >= 0.3 is 0 Å². The summed E-state index contributed by atoms with van der Waals surface area (Å²) in [7, 11) is 0. The zero-order valence-corrected chi connectivity index (χ0v) is 16.8. The van der Waals surface area contributed by atoms with Gasteiger partial charge in [-0.05, 0) is 56.4 Å². The van der Waals surface area contributed by atoms with Crippen LogP contribution in [0.25, 0.3) is 0 Å². The first-order chi connectivity index (χ1) is 13.0. The largest absolute Gasteiger partial charge is 0.493 e. The molecule has 0 radical (unpaired) electrons. The molecule has 0 bridgehead atoms. The smallest absolute Gasteiger partial charge is 0.123 e. The molecule has 0 spiro atoms. The molecule has 3 heteroatoms. The lowest BCUT2D eigenvalue weighted by atomic mass is 9.89. The number of ether oxygens (including phenoxy) is 2. The van der Waals surface area contributed by atoms with Crippen LogP contribution in [0.3, 0.4) is 0 Å². The first-order valence-electron chi connectivity index (χ1n) is 9.87. The van der Waals surface area contributed by atoms with Gasteiger partial charge in [-0.3, -0.25) is 0 Å². The van der Waals surface area contributed by atoms with Gasteiger partial charge in [0, 0.05) is 6.07 Å². The highest BCUT2D eigenvalue weighted by molar-refractivity contribution is 5.38. The van der Waals surface area contributed by atoms with Gasteiger partial charge in [0.05, 0.1) is 18.1 Å². The van der Waals surface area contributed by atoms with Crippen molar-refractivity contribution in [3.63, 3.8) is 0 Å². The number of hydrogen-bond donors (Lipinski definition) is 0. The Kier molecular flexibility index (Phi) is 8.20. The third-order valence-corrected chi connectivity index (χ3v) is 4.61. The standard InChI is InChI=1S/C24H31NO2/c1-4-20-15-22(26-14-10-6-9-13-24(2,3)19-25)17-23(16-20)27-18-21-11-7-5-8-12-21/h5,7-8,11-12,15-17H,4,6,9-10,13-14,18H2,1-3H3. The van der Waals surface area contributed by atoms with E-state index in [2.05, 4.69) is 37.3 Å². The first-order valence-corrected chi connectivity index (χ1v) is 9.87. The average Bonchev–Trinajstić information content (AvgIpc) is 2.69. The second-order valence-corrected chi connectivity index (χ2v) is 7.60. The molecule has 0 aromatic heterocycles. The highest BCUT2D eigenvalue weighted by Gasteiger charge is 2.15. The molecule has 3 nitrogen and oxygen atoms in total. The number of benzene rings is 2. The Bertz CT molecular complexity index is 732. The van der Waals surface area contributed by atoms with Crippen molar-refractivity contribution in [3.8, 4) is 17.6 Å². The highest BCUT2D eigenvalue weighted by atomic mass is 16.5. The van der Waals surface area contributed by atoms with E-state index in [0.717, 1.165) is 49.2 Å². The Morgan fingerprint density at radius 1 is 0.889 bits per heavy atom. The predicted molar refractivity (Wildman–Crippen MR) is 110 cm³/mol. The zero-order valence-electron chi connectivity index (χ0n) is 16.8. The number of nitrogens with zero attached hydrogens (tertiary/aromatic N) is 1. The van der Waals surface area contributed by atoms with Crippen molar-refractivity contribution < 1.29 is 9.47 Å². The van der Waals surface area contributed by atoms with E-state index in [1.54, 1.807) is 0 Å². The van der Waals surface area contributed by atoms with Gasteiger partial charge in [-0.1, -0.05) is 50.1 Å². The highest BCUT2D eigenvalue weighted by Crippen LogP contribution is 2.25. The van der Waals surface area contributed by atoms with Crippen LogP contribution in [0.1, 0.15) is 57.6 Å². The van der Waals surface area contributed by atoms with Gasteiger partial charge in [0.25, 0.3) is 0 Å². The number of nitriles is 1. The molecule has 0 saturated carbocycles. The molecule has 0 saturated heterocycles. The van der Waals surface area contributed by atoms with E-state index < -0.39 is 0 Å². The monoisotopic (exact) mass is 365 g/mol. The Morgan fingerprint density at radius 3 is 2.26 bits per heavy atom. The number of unbranched alkanes of at least 4 members (excludes halogenated alkanes) is 2. The van der Waals surface area contributed by atoms with Gasteiger partial charge in [0.1, 0.15) is 18.1 Å². The second kappa shape index (κ2) is 10.6. The maximum Gasteiger partial charge on any atom is 0.123 e. The van der Waals surface area contributed by atoms with Gasteiger partial charge in [0.15, 0.2) is 0 Å². The van der Waals surface area contributed by atoms with Crippen LogP contribution in [0.15, 0.2) is 48.5 Å². The molecule has 0 unspecified atom stereocenters. The van der Waals surface area contributed by atoms with Gasteiger partial charge in [-0.15, -0.1) is 0 Å². The molecule has 0 atom stereocenters. The molecular weight excluding hydrogens is 334 g/mol. The summed E-state index contributed by atoms with van der Waals surface area (Å²) in [5.74, 6) is 1.72. The Balaban J connectivity index is 1.81. The van der Waals surface area contributed by atoms with Crippen molar-refractivity contribution in [2.75, 3.05) is 6.61 Å². The molecular formula is C24H31NO2. The molecule has 0 amide bonds. The molecule has 27 heavy (non-hydrogen) atoms. The normalized spacial score (nSPS) is 11.0. The average molecular weight is 366 g/mol. The zero-order chi connectivity index (χ0) is 19.5. The number of aryl methyl sites for hydroxylation is 1. The van der Waals surface area contributed by atoms with Crippen molar-refractivity contribution in [3.05, 3.63) is 59.7 Å². The van der Waals surface area contributed by atoms with Gasteiger partial charge in [-0.2, -0.15) is 5.26 Å². The molecule has 0 aliphatic carbocycles. The molecule has 0 fully saturated rings. The predicted octanol–water partition coefficient (Wildman–Crippen LogP) is 6.32. The van der Waals surface area contributed by atoms with E-state index in [4.69, 9.17) is 14.7 Å². The molecule has 0 N–H and O–H groups in total. The Labute approximate surface area is 163 Å². The number of hydrogen-bond acceptors (Lipinski definition) is 3. The van der Waals surface area contributed by atoms with Crippen LogP contribution in [0, 0.1) is 16.7 Å². The SMILES string of the molecule is CCc1cc(OCCCCCC(C)(C)C#N)cc(OCc2ccccc2)c1. The summed E-state index contributed by atoms with van der Waals surface area (Å²) in [5, 5.41) is 9.05. The maximum absolute atomic E-state index is 9.05. The molecule has 0 heterocycles. The summed E-state index contributed by atoms with van der Waals surface area (Å²) in [5.41, 5.74) is 2.15. The van der Waals surface area contributed by atoms with Crippen LogP contribution < -0.4 is 9.47 Å². The maximum atomic E-state index is 9.05. The molecule has 2 aromatic carbocycles. The summed E-state index contributed by atoms with van der Waals surface area (Å²) in [6.07, 6.45) is 5.02. The van der Waals surface area contributed by atoms with E-state index in [1.807, 2.05) is 38.1 Å². The van der Waals surface area contributed by atoms with Crippen molar-refractivity contribution >= 4 is 0 Å². The van der Waals surface area contributed by atoms with Crippen LogP contribution >= 0.6 is 0 Å². The molecule has 0 aliphatic heterocycles. The first kappa shape index (κ1) is 20.8. The minimum atomic E-state index is -0.221. The second-order valence-electron chi connectivity index (χ2n) is 7.60. The lowest BCUT2D eigenvalue weighted by Gasteiger charge is -2.14. The van der Waals surface area contributed by atoms with E-state index in [0.29, 0.717) is 13.2 Å². The van der Waals surface area contributed by atoms with E-state index in [9.17, 15) is 0 Å². The quantitative estimate of drug-likeness (QED) is 0.438. The Hall–Kier alpha value is -2.47. The fourth-order valence-corrected chi connectivity index (χ4v) is 2.83. The topological polar surface area (TPSA) is 42.2 Å². The third-order valence-electron chi connectivity index (χ3n) is 4.61. The minimum absolute atomic E-state index is 0.221. The number of rotatable bonds is 11. The molecule has 144 valence electrons. The fraction of sp³-hybridized carbons (Fsp3) is 0.458. The molecule has 2 rings (SSSR count). The third kappa shape index (κ3) is 7.74. The van der Waals surface area contributed by atoms with Crippen LogP contribution in [0.5, 0.6) is 11.5 Å². The van der Waals surface area contributed by atoms with Crippen molar-refractivity contribution in [2.24, 2.45) is 5.41 Å². The van der Waals surface area contributed by atoms with Crippen molar-refractivity contribution in [2.45, 2.75) is 59.5 Å². The van der Waals surface area contributed by atoms with E-state index in [-0.39, 0.29) is 5.41 Å². The van der Waals surface area contributed by atoms with Crippen molar-refractivity contribution in [1.29, 1.82) is 5.26 Å². The lowest BCUT2D eigenvalue weighted by molar-refractivity contribution is 0.287. The van der Waals surface area contributed by atoms with Crippen LogP contribution in [0.2, 0.25) is 0 Å². The van der Waals surface area contributed by atoms with Crippen molar-refractivity contribution in [1.82, 2.24) is 0 Å². The van der Waals surface area contributed by atoms with Crippen LogP contribution in [-0.4, -0.2) is 6.61 Å². The minimum Gasteiger partial charge on any atom is -0.493 e. The van der Waals surface area contributed by atoms with E-state index >= 15 is 0 Å². The molecule has 0 aliphatic rings. The summed E-state index contributed by atoms with van der Waals surface area (Å²) < 4.78 is 11.9.